The number of aromatic hydroxyl groups is 1. The van der Waals surface area contributed by atoms with Crippen molar-refractivity contribution in [2.45, 2.75) is 44.2 Å². The predicted molar refractivity (Wildman–Crippen MR) is 79.3 cm³/mol. The molecule has 1 saturated carbocycles. The van der Waals surface area contributed by atoms with Crippen LogP contribution in [0.15, 0.2) is 18.2 Å². The summed E-state index contributed by atoms with van der Waals surface area (Å²) in [6.45, 7) is -0.366. The Morgan fingerprint density at radius 1 is 1.27 bits per heavy atom. The van der Waals surface area contributed by atoms with Crippen LogP contribution in [0.2, 0.25) is 0 Å². The number of nitrogens with one attached hydrogen (secondary N) is 1. The summed E-state index contributed by atoms with van der Waals surface area (Å²) >= 11 is 0. The van der Waals surface area contributed by atoms with Crippen LogP contribution in [-0.2, 0) is 16.1 Å². The highest BCUT2D eigenvalue weighted by molar-refractivity contribution is 5.98. The van der Waals surface area contributed by atoms with E-state index >= 15 is 0 Å². The van der Waals surface area contributed by atoms with Crippen molar-refractivity contribution in [1.82, 2.24) is 5.32 Å². The maximum Gasteiger partial charge on any atom is 0.331 e. The van der Waals surface area contributed by atoms with Gasteiger partial charge in [0.2, 0.25) is 0 Å². The van der Waals surface area contributed by atoms with Crippen LogP contribution in [-0.4, -0.2) is 34.7 Å². The second kappa shape index (κ2) is 6.79. The van der Waals surface area contributed by atoms with E-state index in [0.29, 0.717) is 12.8 Å². The highest BCUT2D eigenvalue weighted by Gasteiger charge is 2.42. The standard InChI is InChI=1S/C16H21NO5/c1-22-15(21)16(7-3-2-4-8-16)17-14(20)11-5-6-13(19)12(9-11)10-18/h5-6,9,18-19H,2-4,7-8,10H2,1H3,(H,17,20). The van der Waals surface area contributed by atoms with Crippen molar-refractivity contribution in [1.29, 1.82) is 0 Å². The summed E-state index contributed by atoms with van der Waals surface area (Å²) in [5, 5.41) is 21.5. The number of amides is 1. The zero-order valence-corrected chi connectivity index (χ0v) is 12.6. The van der Waals surface area contributed by atoms with Crippen molar-refractivity contribution in [2.24, 2.45) is 0 Å². The fourth-order valence-electron chi connectivity index (χ4n) is 2.87. The average molecular weight is 307 g/mol. The van der Waals surface area contributed by atoms with E-state index in [-0.39, 0.29) is 23.5 Å². The molecule has 1 aromatic carbocycles. The molecule has 3 N–H and O–H groups in total. The maximum atomic E-state index is 12.4. The SMILES string of the molecule is COC(=O)C1(NC(=O)c2ccc(O)c(CO)c2)CCCCC1. The Bertz CT molecular complexity index is 564. The summed E-state index contributed by atoms with van der Waals surface area (Å²) in [4.78, 5) is 24.6. The topological polar surface area (TPSA) is 95.9 Å². The van der Waals surface area contributed by atoms with Gasteiger partial charge in [-0.3, -0.25) is 4.79 Å². The molecule has 6 nitrogen and oxygen atoms in total. The molecule has 1 aliphatic carbocycles. The van der Waals surface area contributed by atoms with E-state index in [9.17, 15) is 14.7 Å². The Balaban J connectivity index is 2.23. The summed E-state index contributed by atoms with van der Waals surface area (Å²) in [5.74, 6) is -0.914. The van der Waals surface area contributed by atoms with E-state index in [2.05, 4.69) is 5.32 Å². The molecule has 0 bridgehead atoms. The number of rotatable bonds is 4. The number of methoxy groups -OCH3 is 1. The van der Waals surface area contributed by atoms with Gasteiger partial charge in [-0.25, -0.2) is 4.79 Å². The van der Waals surface area contributed by atoms with Crippen LogP contribution >= 0.6 is 0 Å². The molecule has 0 unspecified atom stereocenters. The van der Waals surface area contributed by atoms with Gasteiger partial charge in [-0.05, 0) is 31.0 Å². The van der Waals surface area contributed by atoms with Crippen molar-refractivity contribution in [3.8, 4) is 5.75 Å². The van der Waals surface area contributed by atoms with Crippen LogP contribution in [0, 0.1) is 0 Å². The highest BCUT2D eigenvalue weighted by atomic mass is 16.5. The number of aliphatic hydroxyl groups excluding tert-OH is 1. The first kappa shape index (κ1) is 16.3. The van der Waals surface area contributed by atoms with E-state index in [0.717, 1.165) is 19.3 Å². The average Bonchev–Trinajstić information content (AvgIpc) is 2.55. The zero-order valence-electron chi connectivity index (χ0n) is 12.6. The number of benzene rings is 1. The minimum Gasteiger partial charge on any atom is -0.508 e. The third-order valence-electron chi connectivity index (χ3n) is 4.15. The van der Waals surface area contributed by atoms with E-state index in [1.54, 1.807) is 0 Å². The van der Waals surface area contributed by atoms with Crippen LogP contribution in [0.4, 0.5) is 0 Å². The van der Waals surface area contributed by atoms with Gasteiger partial charge < -0.3 is 20.3 Å². The van der Waals surface area contributed by atoms with E-state index in [1.165, 1.54) is 25.3 Å². The van der Waals surface area contributed by atoms with Gasteiger partial charge in [-0.2, -0.15) is 0 Å². The molecule has 0 saturated heterocycles. The third-order valence-corrected chi connectivity index (χ3v) is 4.15. The first-order valence-electron chi connectivity index (χ1n) is 7.36. The summed E-state index contributed by atoms with van der Waals surface area (Å²) in [6, 6.07) is 4.22. The Labute approximate surface area is 129 Å². The lowest BCUT2D eigenvalue weighted by atomic mass is 9.81. The molecule has 6 heteroatoms. The zero-order chi connectivity index (χ0) is 16.2. The number of carbonyl (C=O) groups excluding carboxylic acids is 2. The van der Waals surface area contributed by atoms with Gasteiger partial charge in [0, 0.05) is 11.1 Å². The number of hydrogen-bond acceptors (Lipinski definition) is 5. The van der Waals surface area contributed by atoms with E-state index in [1.807, 2.05) is 0 Å². The molecule has 0 heterocycles. The lowest BCUT2D eigenvalue weighted by Crippen LogP contribution is -2.56. The molecule has 0 spiro atoms. The molecule has 22 heavy (non-hydrogen) atoms. The first-order valence-corrected chi connectivity index (χ1v) is 7.36. The van der Waals surface area contributed by atoms with Crippen LogP contribution in [0.1, 0.15) is 48.0 Å². The van der Waals surface area contributed by atoms with Crippen molar-refractivity contribution in [3.63, 3.8) is 0 Å². The molecule has 0 atom stereocenters. The van der Waals surface area contributed by atoms with E-state index in [4.69, 9.17) is 9.84 Å². The number of esters is 1. The number of ether oxygens (including phenoxy) is 1. The van der Waals surface area contributed by atoms with Crippen molar-refractivity contribution >= 4 is 11.9 Å². The van der Waals surface area contributed by atoms with Gasteiger partial charge in [-0.1, -0.05) is 19.3 Å². The van der Waals surface area contributed by atoms with Crippen molar-refractivity contribution in [3.05, 3.63) is 29.3 Å². The third kappa shape index (κ3) is 3.22. The van der Waals surface area contributed by atoms with Crippen LogP contribution in [0.3, 0.4) is 0 Å². The minimum absolute atomic E-state index is 0.0700. The molecule has 0 aromatic heterocycles. The smallest absolute Gasteiger partial charge is 0.331 e. The van der Waals surface area contributed by atoms with Crippen LogP contribution in [0.5, 0.6) is 5.75 Å². The van der Waals surface area contributed by atoms with Crippen LogP contribution < -0.4 is 5.32 Å². The predicted octanol–water partition coefficient (Wildman–Crippen LogP) is 1.49. The Kier molecular flexibility index (Phi) is 5.03. The maximum absolute atomic E-state index is 12.4. The number of phenols is 1. The molecule has 0 radical (unpaired) electrons. The largest absolute Gasteiger partial charge is 0.508 e. The van der Waals surface area contributed by atoms with Gasteiger partial charge in [0.05, 0.1) is 13.7 Å². The van der Waals surface area contributed by atoms with Gasteiger partial charge in [0.15, 0.2) is 0 Å². The summed E-state index contributed by atoms with van der Waals surface area (Å²) in [7, 11) is 1.31. The van der Waals surface area contributed by atoms with Crippen molar-refractivity contribution < 1.29 is 24.5 Å². The molecule has 120 valence electrons. The molecular weight excluding hydrogens is 286 g/mol. The summed E-state index contributed by atoms with van der Waals surface area (Å²) in [5.41, 5.74) is -0.430. The van der Waals surface area contributed by atoms with Gasteiger partial charge in [0.1, 0.15) is 11.3 Å². The monoisotopic (exact) mass is 307 g/mol. The number of hydrogen-bond donors (Lipinski definition) is 3. The normalized spacial score (nSPS) is 16.8. The lowest BCUT2D eigenvalue weighted by molar-refractivity contribution is -0.149. The second-order valence-electron chi connectivity index (χ2n) is 5.59. The molecular formula is C16H21NO5. The van der Waals surface area contributed by atoms with Gasteiger partial charge in [-0.15, -0.1) is 0 Å². The molecule has 1 amide bonds. The molecule has 1 aliphatic rings. The van der Waals surface area contributed by atoms with Gasteiger partial charge >= 0.3 is 5.97 Å². The fourth-order valence-corrected chi connectivity index (χ4v) is 2.87. The van der Waals surface area contributed by atoms with E-state index < -0.39 is 17.4 Å². The molecule has 1 fully saturated rings. The fraction of sp³-hybridized carbons (Fsp3) is 0.500. The highest BCUT2D eigenvalue weighted by Crippen LogP contribution is 2.30. The Morgan fingerprint density at radius 3 is 2.55 bits per heavy atom. The number of carbonyl (C=O) groups is 2. The Morgan fingerprint density at radius 2 is 1.95 bits per heavy atom. The summed E-state index contributed by atoms with van der Waals surface area (Å²) in [6.07, 6.45) is 3.84. The number of aliphatic hydroxyl groups is 1. The van der Waals surface area contributed by atoms with Crippen molar-refractivity contribution in [2.75, 3.05) is 7.11 Å². The molecule has 2 rings (SSSR count). The van der Waals surface area contributed by atoms with Gasteiger partial charge in [0.25, 0.3) is 5.91 Å². The molecule has 0 aliphatic heterocycles. The Hall–Kier alpha value is -2.08. The lowest BCUT2D eigenvalue weighted by Gasteiger charge is -2.35. The minimum atomic E-state index is -0.985. The van der Waals surface area contributed by atoms with Crippen LogP contribution in [0.25, 0.3) is 0 Å². The molecule has 1 aromatic rings. The second-order valence-corrected chi connectivity index (χ2v) is 5.59. The first-order chi connectivity index (χ1) is 10.5. The summed E-state index contributed by atoms with van der Waals surface area (Å²) < 4.78 is 4.86. The quantitative estimate of drug-likeness (QED) is 0.732.